The van der Waals surface area contributed by atoms with E-state index >= 15 is 0 Å². The highest BCUT2D eigenvalue weighted by Gasteiger charge is 2.44. The number of ether oxygens (including phenoxy) is 1. The predicted molar refractivity (Wildman–Crippen MR) is 117 cm³/mol. The third-order valence-corrected chi connectivity index (χ3v) is 6.02. The molecule has 0 bridgehead atoms. The molecule has 0 aliphatic carbocycles. The van der Waals surface area contributed by atoms with Crippen molar-refractivity contribution in [1.29, 1.82) is 0 Å². The van der Waals surface area contributed by atoms with E-state index in [1.54, 1.807) is 24.5 Å². The van der Waals surface area contributed by atoms with Crippen LogP contribution < -0.4 is 0 Å². The van der Waals surface area contributed by atoms with Gasteiger partial charge in [0, 0.05) is 17.4 Å². The Morgan fingerprint density at radius 2 is 1.52 bits per heavy atom. The van der Waals surface area contributed by atoms with Crippen LogP contribution >= 0.6 is 11.6 Å². The Morgan fingerprint density at radius 3 is 2.19 bits per heavy atom. The van der Waals surface area contributed by atoms with E-state index in [-0.39, 0.29) is 0 Å². The molecule has 2 heterocycles. The molecule has 0 amide bonds. The Balaban J connectivity index is 1.56. The van der Waals surface area contributed by atoms with Crippen molar-refractivity contribution in [2.45, 2.75) is 36.9 Å². The van der Waals surface area contributed by atoms with Crippen LogP contribution in [0, 0.1) is 0 Å². The van der Waals surface area contributed by atoms with Crippen molar-refractivity contribution < 1.29 is 25.2 Å². The number of pyridine rings is 1. The van der Waals surface area contributed by atoms with Gasteiger partial charge in [0.15, 0.2) is 0 Å². The van der Waals surface area contributed by atoms with Gasteiger partial charge in [-0.05, 0) is 52.4 Å². The van der Waals surface area contributed by atoms with E-state index in [2.05, 4.69) is 4.98 Å². The van der Waals surface area contributed by atoms with E-state index in [1.807, 2.05) is 42.5 Å². The standard InChI is InChI=1S/C24H24ClNO5/c25-19-6-5-17(24-23(30)22(29)21(28)20(13-27)31-24)12-18(19)11-14-1-3-15(4-2-14)16-7-9-26-10-8-16/h1-10,12,20-24,27-30H,11,13H2/t20-,21-,22+,23-,24+/m1/s1. The van der Waals surface area contributed by atoms with Crippen LogP contribution in [0.15, 0.2) is 67.0 Å². The van der Waals surface area contributed by atoms with Crippen molar-refractivity contribution in [3.63, 3.8) is 0 Å². The van der Waals surface area contributed by atoms with Gasteiger partial charge in [-0.25, -0.2) is 0 Å². The Bertz CT molecular complexity index is 1010. The van der Waals surface area contributed by atoms with Crippen LogP contribution in [0.4, 0.5) is 0 Å². The van der Waals surface area contributed by atoms with Gasteiger partial charge in [0.2, 0.25) is 0 Å². The number of halogens is 1. The lowest BCUT2D eigenvalue weighted by molar-refractivity contribution is -0.231. The number of aliphatic hydroxyl groups excluding tert-OH is 4. The van der Waals surface area contributed by atoms with Gasteiger partial charge < -0.3 is 25.2 Å². The zero-order chi connectivity index (χ0) is 22.0. The fraction of sp³-hybridized carbons (Fsp3) is 0.292. The number of nitrogens with zero attached hydrogens (tertiary/aromatic N) is 1. The van der Waals surface area contributed by atoms with Crippen molar-refractivity contribution in [1.82, 2.24) is 4.98 Å². The number of hydrogen-bond acceptors (Lipinski definition) is 6. The summed E-state index contributed by atoms with van der Waals surface area (Å²) in [7, 11) is 0. The molecule has 1 aliphatic heterocycles. The summed E-state index contributed by atoms with van der Waals surface area (Å²) in [5.74, 6) is 0. The summed E-state index contributed by atoms with van der Waals surface area (Å²) in [6.07, 6.45) is -1.89. The molecule has 0 saturated carbocycles. The molecule has 3 aromatic rings. The van der Waals surface area contributed by atoms with E-state index < -0.39 is 37.1 Å². The molecule has 1 fully saturated rings. The topological polar surface area (TPSA) is 103 Å². The second-order valence-electron chi connectivity index (χ2n) is 7.71. The van der Waals surface area contributed by atoms with Crippen molar-refractivity contribution in [3.05, 3.63) is 88.7 Å². The molecule has 1 saturated heterocycles. The molecule has 2 aromatic carbocycles. The van der Waals surface area contributed by atoms with E-state index in [9.17, 15) is 20.4 Å². The second kappa shape index (κ2) is 9.44. The number of aliphatic hydroxyl groups is 4. The van der Waals surface area contributed by atoms with Crippen LogP contribution in [0.5, 0.6) is 0 Å². The minimum absolute atomic E-state index is 0.467. The van der Waals surface area contributed by atoms with Crippen LogP contribution in [0.3, 0.4) is 0 Å². The highest BCUT2D eigenvalue weighted by atomic mass is 35.5. The molecule has 5 atom stereocenters. The van der Waals surface area contributed by atoms with E-state index in [0.717, 1.165) is 22.3 Å². The maximum atomic E-state index is 10.4. The lowest BCUT2D eigenvalue weighted by Gasteiger charge is -2.40. The fourth-order valence-corrected chi connectivity index (χ4v) is 4.05. The van der Waals surface area contributed by atoms with Crippen molar-refractivity contribution >= 4 is 11.6 Å². The number of hydrogen-bond donors (Lipinski definition) is 4. The summed E-state index contributed by atoms with van der Waals surface area (Å²) in [5, 5.41) is 40.5. The van der Waals surface area contributed by atoms with Gasteiger partial charge in [-0.2, -0.15) is 0 Å². The van der Waals surface area contributed by atoms with Gasteiger partial charge in [-0.1, -0.05) is 48.0 Å². The highest BCUT2D eigenvalue weighted by Crippen LogP contribution is 2.34. The zero-order valence-electron chi connectivity index (χ0n) is 16.7. The third kappa shape index (κ3) is 4.65. The molecule has 4 N–H and O–H groups in total. The first-order valence-corrected chi connectivity index (χ1v) is 10.4. The van der Waals surface area contributed by atoms with Crippen LogP contribution in [-0.4, -0.2) is 56.4 Å². The Labute approximate surface area is 185 Å². The fourth-order valence-electron chi connectivity index (χ4n) is 3.86. The van der Waals surface area contributed by atoms with Crippen LogP contribution in [0.1, 0.15) is 22.8 Å². The number of rotatable bonds is 5. The molecule has 6 nitrogen and oxygen atoms in total. The maximum Gasteiger partial charge on any atom is 0.113 e. The number of aromatic nitrogens is 1. The summed E-state index contributed by atoms with van der Waals surface area (Å²) < 4.78 is 5.67. The van der Waals surface area contributed by atoms with Crippen molar-refractivity contribution in [2.75, 3.05) is 6.61 Å². The summed E-state index contributed by atoms with van der Waals surface area (Å²) in [5.41, 5.74) is 4.69. The van der Waals surface area contributed by atoms with Gasteiger partial charge in [-0.15, -0.1) is 0 Å². The SMILES string of the molecule is OC[C@H]1O[C@@H](c2ccc(Cl)c(Cc3ccc(-c4ccncc4)cc3)c2)[C@H](O)[C@@H](O)[C@@H]1O. The maximum absolute atomic E-state index is 10.4. The van der Waals surface area contributed by atoms with Gasteiger partial charge in [0.1, 0.15) is 30.5 Å². The average Bonchev–Trinajstić information content (AvgIpc) is 2.80. The Morgan fingerprint density at radius 1 is 0.839 bits per heavy atom. The van der Waals surface area contributed by atoms with Gasteiger partial charge in [0.05, 0.1) is 6.61 Å². The highest BCUT2D eigenvalue weighted by molar-refractivity contribution is 6.31. The summed E-state index contributed by atoms with van der Waals surface area (Å²) in [6, 6.07) is 17.3. The summed E-state index contributed by atoms with van der Waals surface area (Å²) in [6.45, 7) is -0.467. The van der Waals surface area contributed by atoms with Crippen LogP contribution in [-0.2, 0) is 11.2 Å². The molecule has 1 aromatic heterocycles. The Kier molecular flexibility index (Phi) is 6.67. The van der Waals surface area contributed by atoms with Gasteiger partial charge in [0.25, 0.3) is 0 Å². The minimum Gasteiger partial charge on any atom is -0.394 e. The molecule has 31 heavy (non-hydrogen) atoms. The minimum atomic E-state index is -1.42. The monoisotopic (exact) mass is 441 g/mol. The Hall–Kier alpha value is -2.32. The van der Waals surface area contributed by atoms with E-state index in [0.29, 0.717) is 17.0 Å². The lowest BCUT2D eigenvalue weighted by Crippen LogP contribution is -2.55. The first-order chi connectivity index (χ1) is 15.0. The molecule has 0 unspecified atom stereocenters. The smallest absolute Gasteiger partial charge is 0.113 e. The van der Waals surface area contributed by atoms with Crippen molar-refractivity contribution in [2.24, 2.45) is 0 Å². The first kappa shape index (κ1) is 21.9. The third-order valence-electron chi connectivity index (χ3n) is 5.65. The zero-order valence-corrected chi connectivity index (χ0v) is 17.4. The van der Waals surface area contributed by atoms with Crippen LogP contribution in [0.2, 0.25) is 5.02 Å². The first-order valence-electron chi connectivity index (χ1n) is 10.1. The molecule has 162 valence electrons. The van der Waals surface area contributed by atoms with Gasteiger partial charge in [-0.3, -0.25) is 4.98 Å². The summed E-state index contributed by atoms with van der Waals surface area (Å²) in [4.78, 5) is 4.04. The van der Waals surface area contributed by atoms with E-state index in [4.69, 9.17) is 16.3 Å². The average molecular weight is 442 g/mol. The van der Waals surface area contributed by atoms with Gasteiger partial charge >= 0.3 is 0 Å². The quantitative estimate of drug-likeness (QED) is 0.485. The van der Waals surface area contributed by atoms with Crippen molar-refractivity contribution in [3.8, 4) is 11.1 Å². The van der Waals surface area contributed by atoms with E-state index in [1.165, 1.54) is 0 Å². The predicted octanol–water partition coefficient (Wildman–Crippen LogP) is 2.51. The largest absolute Gasteiger partial charge is 0.394 e. The summed E-state index contributed by atoms with van der Waals surface area (Å²) >= 11 is 6.42. The molecule has 4 rings (SSSR count). The number of benzene rings is 2. The molecule has 1 aliphatic rings. The molecule has 0 spiro atoms. The van der Waals surface area contributed by atoms with Crippen LogP contribution in [0.25, 0.3) is 11.1 Å². The lowest BCUT2D eigenvalue weighted by atomic mass is 9.90. The molecular weight excluding hydrogens is 418 g/mol. The second-order valence-corrected chi connectivity index (χ2v) is 8.12. The normalized spacial score (nSPS) is 26.0. The molecule has 7 heteroatoms. The molecule has 0 radical (unpaired) electrons. The molecular formula is C24H24ClNO5.